The summed E-state index contributed by atoms with van der Waals surface area (Å²) in [7, 11) is 0. The average molecular weight is 246 g/mol. The summed E-state index contributed by atoms with van der Waals surface area (Å²) in [6.07, 6.45) is 10.2. The molecule has 1 unspecified atom stereocenters. The highest BCUT2D eigenvalue weighted by Gasteiger charge is 2.48. The Bertz CT molecular complexity index is 213. The molecule has 0 aliphatic heterocycles. The van der Waals surface area contributed by atoms with Gasteiger partial charge in [-0.15, -0.1) is 0 Å². The predicted octanol–water partition coefficient (Wildman–Crippen LogP) is 5.95. The van der Waals surface area contributed by atoms with Crippen molar-refractivity contribution in [2.75, 3.05) is 0 Å². The second-order valence-corrected chi connectivity index (χ2v) is 5.95. The van der Waals surface area contributed by atoms with E-state index in [1.807, 2.05) is 0 Å². The van der Waals surface area contributed by atoms with Gasteiger partial charge in [-0.3, -0.25) is 0 Å². The van der Waals surface area contributed by atoms with E-state index in [1.54, 1.807) is 0 Å². The number of alkyl halides is 2. The minimum absolute atomic E-state index is 0.0206. The first-order chi connectivity index (χ1) is 8.04. The Balaban J connectivity index is 2.43. The Kier molecular flexibility index (Phi) is 5.88. The third kappa shape index (κ3) is 4.93. The van der Waals surface area contributed by atoms with E-state index in [0.29, 0.717) is 0 Å². The Hall–Kier alpha value is -0.140. The summed E-state index contributed by atoms with van der Waals surface area (Å²) in [4.78, 5) is 0. The van der Waals surface area contributed by atoms with Crippen LogP contribution in [0, 0.1) is 5.41 Å². The van der Waals surface area contributed by atoms with Crippen LogP contribution < -0.4 is 0 Å². The standard InChI is InChI=1S/C15H28F2/c1-3-5-7-8-10-14(9-6-4-2)11-12-15(16,17)13-14/h3-13H2,1-2H3. The second kappa shape index (κ2) is 6.70. The molecule has 1 aliphatic rings. The summed E-state index contributed by atoms with van der Waals surface area (Å²) >= 11 is 0. The zero-order valence-electron chi connectivity index (χ0n) is 11.5. The first-order valence-corrected chi connectivity index (χ1v) is 7.41. The normalized spacial score (nSPS) is 27.5. The Morgan fingerprint density at radius 2 is 1.47 bits per heavy atom. The third-order valence-corrected chi connectivity index (χ3v) is 4.28. The van der Waals surface area contributed by atoms with Gasteiger partial charge in [0.15, 0.2) is 0 Å². The summed E-state index contributed by atoms with van der Waals surface area (Å²) in [5.41, 5.74) is -0.0206. The number of hydrogen-bond donors (Lipinski definition) is 0. The van der Waals surface area contributed by atoms with Gasteiger partial charge in [0.1, 0.15) is 0 Å². The van der Waals surface area contributed by atoms with E-state index < -0.39 is 5.92 Å². The van der Waals surface area contributed by atoms with Crippen LogP contribution in [0.1, 0.15) is 84.5 Å². The quantitative estimate of drug-likeness (QED) is 0.464. The van der Waals surface area contributed by atoms with E-state index in [2.05, 4.69) is 13.8 Å². The molecule has 2 heteroatoms. The highest BCUT2D eigenvalue weighted by molar-refractivity contribution is 4.93. The van der Waals surface area contributed by atoms with Crippen molar-refractivity contribution in [2.45, 2.75) is 90.4 Å². The molecule has 0 spiro atoms. The maximum absolute atomic E-state index is 13.4. The van der Waals surface area contributed by atoms with Gasteiger partial charge >= 0.3 is 0 Å². The van der Waals surface area contributed by atoms with Gasteiger partial charge in [0, 0.05) is 12.8 Å². The molecule has 0 aromatic carbocycles. The first kappa shape index (κ1) is 14.9. The minimum atomic E-state index is -2.38. The zero-order valence-corrected chi connectivity index (χ0v) is 11.5. The molecule has 0 N–H and O–H groups in total. The van der Waals surface area contributed by atoms with Crippen molar-refractivity contribution in [1.29, 1.82) is 0 Å². The number of halogens is 2. The van der Waals surface area contributed by atoms with Gasteiger partial charge in [-0.05, 0) is 24.7 Å². The maximum Gasteiger partial charge on any atom is 0.248 e. The lowest BCUT2D eigenvalue weighted by atomic mass is 9.76. The molecule has 1 saturated carbocycles. The van der Waals surface area contributed by atoms with Crippen LogP contribution in [0.15, 0.2) is 0 Å². The van der Waals surface area contributed by atoms with Crippen LogP contribution in [-0.2, 0) is 0 Å². The SMILES string of the molecule is CCCCCCC1(CCCC)CCC(F)(F)C1. The fourth-order valence-electron chi connectivity index (χ4n) is 3.20. The lowest BCUT2D eigenvalue weighted by Crippen LogP contribution is -2.20. The summed E-state index contributed by atoms with van der Waals surface area (Å²) in [5, 5.41) is 0. The Labute approximate surface area is 105 Å². The van der Waals surface area contributed by atoms with Crippen molar-refractivity contribution in [2.24, 2.45) is 5.41 Å². The van der Waals surface area contributed by atoms with Crippen molar-refractivity contribution in [1.82, 2.24) is 0 Å². The molecule has 17 heavy (non-hydrogen) atoms. The van der Waals surface area contributed by atoms with E-state index in [1.165, 1.54) is 19.3 Å². The molecule has 0 aromatic rings. The topological polar surface area (TPSA) is 0 Å². The van der Waals surface area contributed by atoms with Crippen LogP contribution in [-0.4, -0.2) is 5.92 Å². The van der Waals surface area contributed by atoms with Crippen LogP contribution in [0.5, 0.6) is 0 Å². The zero-order chi connectivity index (χ0) is 12.8. The Morgan fingerprint density at radius 1 is 0.824 bits per heavy atom. The fraction of sp³-hybridized carbons (Fsp3) is 1.00. The lowest BCUT2D eigenvalue weighted by molar-refractivity contribution is -0.00657. The van der Waals surface area contributed by atoms with Crippen LogP contribution in [0.3, 0.4) is 0 Å². The van der Waals surface area contributed by atoms with Gasteiger partial charge in [-0.25, -0.2) is 8.78 Å². The summed E-state index contributed by atoms with van der Waals surface area (Å²) in [6.45, 7) is 4.34. The first-order valence-electron chi connectivity index (χ1n) is 7.41. The van der Waals surface area contributed by atoms with Gasteiger partial charge in [0.2, 0.25) is 5.92 Å². The summed E-state index contributed by atoms with van der Waals surface area (Å²) in [6, 6.07) is 0. The molecule has 0 nitrogen and oxygen atoms in total. The Morgan fingerprint density at radius 3 is 2.00 bits per heavy atom. The van der Waals surface area contributed by atoms with Gasteiger partial charge in [-0.1, -0.05) is 52.4 Å². The number of rotatable bonds is 8. The molecule has 1 rings (SSSR count). The van der Waals surface area contributed by atoms with E-state index >= 15 is 0 Å². The summed E-state index contributed by atoms with van der Waals surface area (Å²) in [5.74, 6) is -2.38. The average Bonchev–Trinajstić information content (AvgIpc) is 2.59. The monoisotopic (exact) mass is 246 g/mol. The molecule has 0 heterocycles. The van der Waals surface area contributed by atoms with Crippen LogP contribution in [0.4, 0.5) is 8.78 Å². The lowest BCUT2D eigenvalue weighted by Gasteiger charge is -2.29. The van der Waals surface area contributed by atoms with Crippen molar-refractivity contribution >= 4 is 0 Å². The number of hydrogen-bond acceptors (Lipinski definition) is 0. The van der Waals surface area contributed by atoms with Crippen LogP contribution in [0.2, 0.25) is 0 Å². The molecule has 0 radical (unpaired) electrons. The molecular formula is C15H28F2. The molecule has 0 aromatic heterocycles. The smallest absolute Gasteiger partial charge is 0.207 e. The highest BCUT2D eigenvalue weighted by atomic mass is 19.3. The van der Waals surface area contributed by atoms with Gasteiger partial charge in [0.05, 0.1) is 0 Å². The highest BCUT2D eigenvalue weighted by Crippen LogP contribution is 2.52. The minimum Gasteiger partial charge on any atom is -0.207 e. The predicted molar refractivity (Wildman–Crippen MR) is 69.5 cm³/mol. The van der Waals surface area contributed by atoms with Crippen molar-refractivity contribution in [3.63, 3.8) is 0 Å². The van der Waals surface area contributed by atoms with Crippen molar-refractivity contribution < 1.29 is 8.78 Å². The van der Waals surface area contributed by atoms with Crippen molar-refractivity contribution in [3.05, 3.63) is 0 Å². The molecular weight excluding hydrogens is 218 g/mol. The van der Waals surface area contributed by atoms with E-state index in [4.69, 9.17) is 0 Å². The molecule has 102 valence electrons. The fourth-order valence-corrected chi connectivity index (χ4v) is 3.20. The molecule has 0 saturated heterocycles. The van der Waals surface area contributed by atoms with Gasteiger partial charge in [0.25, 0.3) is 0 Å². The maximum atomic E-state index is 13.4. The molecule has 0 bridgehead atoms. The molecule has 1 aliphatic carbocycles. The van der Waals surface area contributed by atoms with Crippen LogP contribution in [0.25, 0.3) is 0 Å². The number of unbranched alkanes of at least 4 members (excludes halogenated alkanes) is 4. The second-order valence-electron chi connectivity index (χ2n) is 5.95. The summed E-state index contributed by atoms with van der Waals surface area (Å²) < 4.78 is 26.9. The third-order valence-electron chi connectivity index (χ3n) is 4.28. The molecule has 0 amide bonds. The van der Waals surface area contributed by atoms with E-state index in [0.717, 1.165) is 38.5 Å². The van der Waals surface area contributed by atoms with Crippen molar-refractivity contribution in [3.8, 4) is 0 Å². The van der Waals surface area contributed by atoms with E-state index in [9.17, 15) is 8.78 Å². The van der Waals surface area contributed by atoms with Gasteiger partial charge < -0.3 is 0 Å². The molecule has 1 atom stereocenters. The molecule has 1 fully saturated rings. The van der Waals surface area contributed by atoms with Crippen LogP contribution >= 0.6 is 0 Å². The van der Waals surface area contributed by atoms with E-state index in [-0.39, 0.29) is 18.3 Å². The largest absolute Gasteiger partial charge is 0.248 e. The van der Waals surface area contributed by atoms with Gasteiger partial charge in [-0.2, -0.15) is 0 Å².